The van der Waals surface area contributed by atoms with E-state index < -0.39 is 0 Å². The number of hydrogen-bond donors (Lipinski definition) is 1. The molecule has 1 fully saturated rings. The summed E-state index contributed by atoms with van der Waals surface area (Å²) < 4.78 is 24.3. The molecule has 1 saturated heterocycles. The lowest BCUT2D eigenvalue weighted by molar-refractivity contribution is 0.0165. The van der Waals surface area contributed by atoms with Crippen LogP contribution in [0.1, 0.15) is 42.9 Å². The van der Waals surface area contributed by atoms with E-state index in [9.17, 15) is 4.39 Å². The first-order chi connectivity index (χ1) is 10.3. The monoisotopic (exact) mass is 293 g/mol. The summed E-state index contributed by atoms with van der Waals surface area (Å²) >= 11 is 0. The highest BCUT2D eigenvalue weighted by molar-refractivity contribution is 5.34. The summed E-state index contributed by atoms with van der Waals surface area (Å²) in [4.78, 5) is 0. The number of benzene rings is 1. The van der Waals surface area contributed by atoms with Crippen molar-refractivity contribution in [1.82, 2.24) is 5.32 Å². The smallest absolute Gasteiger partial charge is 0.123 e. The maximum atomic E-state index is 13.2. The second kappa shape index (κ2) is 7.34. The molecular formula is C17H24FNO2. The Kier molecular flexibility index (Phi) is 5.22. The van der Waals surface area contributed by atoms with Gasteiger partial charge in [-0.15, -0.1) is 0 Å². The van der Waals surface area contributed by atoms with Gasteiger partial charge in [0.2, 0.25) is 0 Å². The number of nitrogens with one attached hydrogen (secondary N) is 1. The molecule has 1 N–H and O–H groups in total. The standard InChI is InChI=1S/C17H24FNO2/c18-14-5-6-16-13(11-14)4-7-17(16)19-8-2-9-20-12-15-3-1-10-21-15/h5-6,11,15,17,19H,1-4,7-10,12H2. The molecule has 21 heavy (non-hydrogen) atoms. The van der Waals surface area contributed by atoms with E-state index in [0.717, 1.165) is 64.0 Å². The van der Waals surface area contributed by atoms with Crippen LogP contribution in [0.3, 0.4) is 0 Å². The molecule has 0 radical (unpaired) electrons. The molecule has 116 valence electrons. The van der Waals surface area contributed by atoms with E-state index >= 15 is 0 Å². The van der Waals surface area contributed by atoms with E-state index in [0.29, 0.717) is 12.1 Å². The number of halogens is 1. The van der Waals surface area contributed by atoms with Crippen LogP contribution in [0.15, 0.2) is 18.2 Å². The van der Waals surface area contributed by atoms with E-state index in [-0.39, 0.29) is 5.82 Å². The molecule has 0 spiro atoms. The average molecular weight is 293 g/mol. The molecule has 2 atom stereocenters. The Morgan fingerprint density at radius 2 is 2.29 bits per heavy atom. The number of fused-ring (bicyclic) bond motifs is 1. The normalized spacial score (nSPS) is 24.4. The minimum Gasteiger partial charge on any atom is -0.379 e. The van der Waals surface area contributed by atoms with Gasteiger partial charge in [0.25, 0.3) is 0 Å². The van der Waals surface area contributed by atoms with Crippen LogP contribution in [0.2, 0.25) is 0 Å². The van der Waals surface area contributed by atoms with E-state index in [1.807, 2.05) is 6.07 Å². The summed E-state index contributed by atoms with van der Waals surface area (Å²) in [6, 6.07) is 5.52. The molecule has 0 amide bonds. The van der Waals surface area contributed by atoms with E-state index in [1.54, 1.807) is 12.1 Å². The maximum absolute atomic E-state index is 13.2. The van der Waals surface area contributed by atoms with Crippen LogP contribution in [-0.4, -0.2) is 32.5 Å². The van der Waals surface area contributed by atoms with Gasteiger partial charge in [0, 0.05) is 19.3 Å². The van der Waals surface area contributed by atoms with Gasteiger partial charge in [-0.05, 0) is 61.9 Å². The zero-order chi connectivity index (χ0) is 14.5. The minimum absolute atomic E-state index is 0.128. The van der Waals surface area contributed by atoms with Crippen molar-refractivity contribution in [3.8, 4) is 0 Å². The molecule has 1 aromatic carbocycles. The zero-order valence-corrected chi connectivity index (χ0v) is 12.4. The van der Waals surface area contributed by atoms with Crippen molar-refractivity contribution in [3.63, 3.8) is 0 Å². The quantitative estimate of drug-likeness (QED) is 0.784. The largest absolute Gasteiger partial charge is 0.379 e. The predicted octanol–water partition coefficient (Wildman–Crippen LogP) is 2.99. The van der Waals surface area contributed by atoms with Gasteiger partial charge < -0.3 is 14.8 Å². The third-order valence-corrected chi connectivity index (χ3v) is 4.37. The van der Waals surface area contributed by atoms with Crippen LogP contribution in [-0.2, 0) is 15.9 Å². The molecular weight excluding hydrogens is 269 g/mol. The average Bonchev–Trinajstić information content (AvgIpc) is 3.12. The molecule has 3 nitrogen and oxygen atoms in total. The van der Waals surface area contributed by atoms with Crippen molar-refractivity contribution in [2.24, 2.45) is 0 Å². The van der Waals surface area contributed by atoms with Crippen molar-refractivity contribution in [2.75, 3.05) is 26.4 Å². The van der Waals surface area contributed by atoms with Gasteiger partial charge in [-0.3, -0.25) is 0 Å². The molecule has 1 aliphatic heterocycles. The Hall–Kier alpha value is -0.970. The van der Waals surface area contributed by atoms with Gasteiger partial charge >= 0.3 is 0 Å². The minimum atomic E-state index is -0.128. The maximum Gasteiger partial charge on any atom is 0.123 e. The number of ether oxygens (including phenoxy) is 2. The van der Waals surface area contributed by atoms with Crippen LogP contribution >= 0.6 is 0 Å². The Labute approximate surface area is 125 Å². The lowest BCUT2D eigenvalue weighted by atomic mass is 10.1. The van der Waals surface area contributed by atoms with Crippen LogP contribution in [0.25, 0.3) is 0 Å². The van der Waals surface area contributed by atoms with Crippen LogP contribution < -0.4 is 5.32 Å². The van der Waals surface area contributed by atoms with Crippen LogP contribution in [0.4, 0.5) is 4.39 Å². The van der Waals surface area contributed by atoms with Crippen molar-refractivity contribution in [2.45, 2.75) is 44.2 Å². The molecule has 1 aromatic rings. The third-order valence-electron chi connectivity index (χ3n) is 4.37. The first-order valence-electron chi connectivity index (χ1n) is 8.04. The fraction of sp³-hybridized carbons (Fsp3) is 0.647. The third kappa shape index (κ3) is 4.02. The molecule has 2 unspecified atom stereocenters. The van der Waals surface area contributed by atoms with Gasteiger partial charge in [-0.1, -0.05) is 6.07 Å². The Morgan fingerprint density at radius 1 is 1.33 bits per heavy atom. The van der Waals surface area contributed by atoms with Crippen LogP contribution in [0, 0.1) is 5.82 Å². The molecule has 2 aliphatic rings. The summed E-state index contributed by atoms with van der Waals surface area (Å²) in [7, 11) is 0. The number of hydrogen-bond acceptors (Lipinski definition) is 3. The summed E-state index contributed by atoms with van der Waals surface area (Å²) in [5.41, 5.74) is 2.42. The Morgan fingerprint density at radius 3 is 3.14 bits per heavy atom. The zero-order valence-electron chi connectivity index (χ0n) is 12.4. The van der Waals surface area contributed by atoms with Crippen molar-refractivity contribution in [3.05, 3.63) is 35.1 Å². The number of aryl methyl sites for hydroxylation is 1. The fourth-order valence-corrected chi connectivity index (χ4v) is 3.24. The Bertz CT molecular complexity index is 460. The molecule has 0 saturated carbocycles. The second-order valence-corrected chi connectivity index (χ2v) is 5.95. The van der Waals surface area contributed by atoms with Gasteiger partial charge in [0.15, 0.2) is 0 Å². The fourth-order valence-electron chi connectivity index (χ4n) is 3.24. The summed E-state index contributed by atoms with van der Waals surface area (Å²) in [5, 5.41) is 3.55. The van der Waals surface area contributed by atoms with Gasteiger partial charge in [0.05, 0.1) is 12.7 Å². The van der Waals surface area contributed by atoms with Crippen molar-refractivity contribution < 1.29 is 13.9 Å². The second-order valence-electron chi connectivity index (χ2n) is 5.95. The lowest BCUT2D eigenvalue weighted by Gasteiger charge is -2.14. The van der Waals surface area contributed by atoms with Crippen LogP contribution in [0.5, 0.6) is 0 Å². The molecule has 1 aliphatic carbocycles. The summed E-state index contributed by atoms with van der Waals surface area (Å²) in [5.74, 6) is -0.128. The highest BCUT2D eigenvalue weighted by Crippen LogP contribution is 2.31. The molecule has 0 aromatic heterocycles. The van der Waals surface area contributed by atoms with E-state index in [1.165, 1.54) is 5.56 Å². The lowest BCUT2D eigenvalue weighted by Crippen LogP contribution is -2.22. The van der Waals surface area contributed by atoms with Gasteiger partial charge in [-0.2, -0.15) is 0 Å². The first-order valence-corrected chi connectivity index (χ1v) is 8.04. The predicted molar refractivity (Wildman–Crippen MR) is 79.9 cm³/mol. The highest BCUT2D eigenvalue weighted by Gasteiger charge is 2.22. The molecule has 4 heteroatoms. The SMILES string of the molecule is Fc1ccc2c(c1)CCC2NCCCOCC1CCCO1. The molecule has 3 rings (SSSR count). The highest BCUT2D eigenvalue weighted by atomic mass is 19.1. The molecule has 1 heterocycles. The Balaban J connectivity index is 1.32. The molecule has 0 bridgehead atoms. The first kappa shape index (κ1) is 14.9. The number of rotatable bonds is 7. The summed E-state index contributed by atoms with van der Waals surface area (Å²) in [6.07, 6.45) is 5.65. The van der Waals surface area contributed by atoms with Crippen molar-refractivity contribution in [1.29, 1.82) is 0 Å². The van der Waals surface area contributed by atoms with Gasteiger partial charge in [0.1, 0.15) is 5.82 Å². The van der Waals surface area contributed by atoms with E-state index in [4.69, 9.17) is 9.47 Å². The van der Waals surface area contributed by atoms with Gasteiger partial charge in [-0.25, -0.2) is 4.39 Å². The van der Waals surface area contributed by atoms with Crippen molar-refractivity contribution >= 4 is 0 Å². The summed E-state index contributed by atoms with van der Waals surface area (Å²) in [6.45, 7) is 3.33. The topological polar surface area (TPSA) is 30.5 Å². The van der Waals surface area contributed by atoms with E-state index in [2.05, 4.69) is 5.32 Å².